The number of hydrogen-bond donors (Lipinski definition) is 3. The van der Waals surface area contributed by atoms with E-state index in [1.807, 2.05) is 0 Å². The minimum absolute atomic E-state index is 0.00585. The van der Waals surface area contributed by atoms with Crippen molar-refractivity contribution in [1.29, 1.82) is 0 Å². The summed E-state index contributed by atoms with van der Waals surface area (Å²) in [5.74, 6) is -1.47. The van der Waals surface area contributed by atoms with Gasteiger partial charge in [0.2, 0.25) is 11.4 Å². The van der Waals surface area contributed by atoms with Gasteiger partial charge in [-0.05, 0) is 48.4 Å². The molecule has 12 heteroatoms. The van der Waals surface area contributed by atoms with E-state index in [-0.39, 0.29) is 63.7 Å². The number of oxazole rings is 2. The van der Waals surface area contributed by atoms with Crippen molar-refractivity contribution in [3.63, 3.8) is 0 Å². The maximum Gasteiger partial charge on any atom is 0.362 e. The molecule has 0 saturated carbocycles. The SMILES string of the molecule is CCOC(=O)C1=c2oc(=O)/c(=C/c3ccc(O)c(OC)c3)n2-c2oc(N)nc2[C@H]1c1ccc(O)c(OC)c1. The van der Waals surface area contributed by atoms with E-state index in [9.17, 15) is 19.8 Å². The fourth-order valence-corrected chi connectivity index (χ4v) is 4.39. The normalized spacial score (nSPS) is 14.7. The van der Waals surface area contributed by atoms with E-state index in [1.165, 1.54) is 49.1 Å². The lowest BCUT2D eigenvalue weighted by Crippen LogP contribution is -2.37. The highest BCUT2D eigenvalue weighted by Crippen LogP contribution is 2.41. The van der Waals surface area contributed by atoms with Crippen molar-refractivity contribution >= 4 is 23.6 Å². The van der Waals surface area contributed by atoms with Gasteiger partial charge in [0.15, 0.2) is 23.0 Å². The third kappa shape index (κ3) is 3.92. The van der Waals surface area contributed by atoms with Crippen molar-refractivity contribution in [2.75, 3.05) is 26.6 Å². The van der Waals surface area contributed by atoms with Crippen LogP contribution in [0.4, 0.5) is 6.01 Å². The number of aromatic nitrogens is 2. The molecule has 38 heavy (non-hydrogen) atoms. The lowest BCUT2D eigenvalue weighted by atomic mass is 9.86. The number of aromatic hydroxyl groups is 2. The molecule has 4 N–H and O–H groups in total. The molecule has 12 nitrogen and oxygen atoms in total. The minimum atomic E-state index is -0.938. The number of methoxy groups -OCH3 is 2. The number of rotatable bonds is 6. The molecule has 0 unspecified atom stereocenters. The summed E-state index contributed by atoms with van der Waals surface area (Å²) in [6, 6.07) is 8.80. The molecule has 196 valence electrons. The van der Waals surface area contributed by atoms with Crippen LogP contribution in [0.15, 0.2) is 50.0 Å². The molecule has 1 atom stereocenters. The van der Waals surface area contributed by atoms with E-state index in [1.54, 1.807) is 19.1 Å². The Morgan fingerprint density at radius 3 is 2.47 bits per heavy atom. The number of nitrogens with two attached hydrogens (primary N) is 1. The average molecular weight is 521 g/mol. The maximum atomic E-state index is 13.3. The van der Waals surface area contributed by atoms with Crippen LogP contribution in [0.1, 0.15) is 29.7 Å². The van der Waals surface area contributed by atoms with Gasteiger partial charge in [-0.25, -0.2) is 14.2 Å². The molecule has 0 radical (unpaired) electrons. The average Bonchev–Trinajstić information content (AvgIpc) is 3.43. The predicted molar refractivity (Wildman–Crippen MR) is 133 cm³/mol. The first-order valence-corrected chi connectivity index (χ1v) is 11.4. The van der Waals surface area contributed by atoms with Gasteiger partial charge in [-0.1, -0.05) is 12.1 Å². The monoisotopic (exact) mass is 521 g/mol. The Labute approximate surface area is 214 Å². The van der Waals surface area contributed by atoms with E-state index in [4.69, 9.17) is 28.8 Å². The fourth-order valence-electron chi connectivity index (χ4n) is 4.39. The van der Waals surface area contributed by atoms with Crippen LogP contribution in [0, 0.1) is 0 Å². The lowest BCUT2D eigenvalue weighted by molar-refractivity contribution is -0.136. The van der Waals surface area contributed by atoms with Crippen molar-refractivity contribution in [3.05, 3.63) is 74.5 Å². The van der Waals surface area contributed by atoms with Crippen LogP contribution in [0.25, 0.3) is 17.5 Å². The van der Waals surface area contributed by atoms with Crippen LogP contribution >= 0.6 is 0 Å². The number of carbonyl (C=O) groups is 1. The van der Waals surface area contributed by atoms with Gasteiger partial charge >= 0.3 is 11.6 Å². The number of phenols is 2. The van der Waals surface area contributed by atoms with Crippen LogP contribution in [0.3, 0.4) is 0 Å². The number of ether oxygens (including phenoxy) is 3. The molecule has 3 heterocycles. The topological polar surface area (TPSA) is 172 Å². The highest BCUT2D eigenvalue weighted by atomic mass is 16.5. The van der Waals surface area contributed by atoms with Gasteiger partial charge in [0.05, 0.1) is 26.7 Å². The summed E-state index contributed by atoms with van der Waals surface area (Å²) < 4.78 is 28.4. The van der Waals surface area contributed by atoms with Crippen molar-refractivity contribution < 1.29 is 38.1 Å². The van der Waals surface area contributed by atoms with Gasteiger partial charge in [0.25, 0.3) is 6.01 Å². The molecule has 1 aliphatic rings. The van der Waals surface area contributed by atoms with E-state index in [2.05, 4.69) is 4.98 Å². The molecule has 0 bridgehead atoms. The summed E-state index contributed by atoms with van der Waals surface area (Å²) in [5, 5.41) is 20.0. The predicted octanol–water partition coefficient (Wildman–Crippen LogP) is 1.12. The van der Waals surface area contributed by atoms with Gasteiger partial charge in [-0.3, -0.25) is 0 Å². The molecule has 0 fully saturated rings. The number of benzene rings is 2. The van der Waals surface area contributed by atoms with Crippen LogP contribution in [0.5, 0.6) is 23.0 Å². The van der Waals surface area contributed by atoms with Crippen LogP contribution in [-0.4, -0.2) is 46.6 Å². The first-order chi connectivity index (χ1) is 18.3. The Bertz CT molecular complexity index is 1750. The van der Waals surface area contributed by atoms with Crippen molar-refractivity contribution in [3.8, 4) is 28.9 Å². The number of hydrogen-bond acceptors (Lipinski definition) is 11. The second-order valence-electron chi connectivity index (χ2n) is 8.23. The molecule has 0 aliphatic carbocycles. The molecule has 1 aliphatic heterocycles. The summed E-state index contributed by atoms with van der Waals surface area (Å²) in [7, 11) is 2.79. The number of carbonyl (C=O) groups excluding carboxylic acids is 1. The van der Waals surface area contributed by atoms with Crippen LogP contribution in [-0.2, 0) is 9.53 Å². The van der Waals surface area contributed by atoms with E-state index < -0.39 is 17.5 Å². The van der Waals surface area contributed by atoms with Gasteiger partial charge in [0, 0.05) is 0 Å². The summed E-state index contributed by atoms with van der Waals surface area (Å²) in [4.78, 5) is 30.8. The van der Waals surface area contributed by atoms with Crippen molar-refractivity contribution in [1.82, 2.24) is 9.55 Å². The van der Waals surface area contributed by atoms with Gasteiger partial charge < -0.3 is 39.0 Å². The standard InChI is InChI=1S/C26H23N3O9/c1-4-36-25(33)20-19(13-6-8-16(31)18(11-13)35-3)21-23(38-26(27)28-21)29-14(24(32)37-22(20)29)9-12-5-7-15(30)17(10-12)34-2/h5-11,19,30-31H,4H2,1-3H3,(H2,27,28)/b14-9-/t19-/m0/s1. The smallest absolute Gasteiger partial charge is 0.362 e. The van der Waals surface area contributed by atoms with Gasteiger partial charge in [-0.2, -0.15) is 4.98 Å². The second kappa shape index (κ2) is 9.39. The first kappa shape index (κ1) is 24.6. The molecule has 0 saturated heterocycles. The quantitative estimate of drug-likeness (QED) is 0.310. The Morgan fingerprint density at radius 1 is 1.11 bits per heavy atom. The molecule has 0 amide bonds. The van der Waals surface area contributed by atoms with E-state index in [0.29, 0.717) is 11.1 Å². The Hall–Kier alpha value is -5.13. The molecule has 0 spiro atoms. The third-order valence-corrected chi connectivity index (χ3v) is 6.03. The van der Waals surface area contributed by atoms with Gasteiger partial charge in [0.1, 0.15) is 16.6 Å². The van der Waals surface area contributed by atoms with Crippen molar-refractivity contribution in [2.24, 2.45) is 0 Å². The molecule has 2 aromatic heterocycles. The van der Waals surface area contributed by atoms with Crippen molar-refractivity contribution in [2.45, 2.75) is 12.8 Å². The highest BCUT2D eigenvalue weighted by Gasteiger charge is 2.40. The number of phenolic OH excluding ortho intramolecular Hbond substituents is 2. The summed E-state index contributed by atoms with van der Waals surface area (Å²) in [6.45, 7) is 1.70. The van der Waals surface area contributed by atoms with E-state index in [0.717, 1.165) is 0 Å². The number of nitrogen functional groups attached to an aromatic ring is 1. The summed E-state index contributed by atoms with van der Waals surface area (Å²) >= 11 is 0. The zero-order valence-electron chi connectivity index (χ0n) is 20.5. The number of nitrogens with zero attached hydrogens (tertiary/aromatic N) is 2. The second-order valence-corrected chi connectivity index (χ2v) is 8.23. The Balaban J connectivity index is 1.88. The first-order valence-electron chi connectivity index (χ1n) is 11.4. The largest absolute Gasteiger partial charge is 0.504 e. The lowest BCUT2D eigenvalue weighted by Gasteiger charge is -2.22. The molecular weight excluding hydrogens is 498 g/mol. The molecule has 2 aromatic carbocycles. The Kier molecular flexibility index (Phi) is 6.07. The molecule has 4 aromatic rings. The van der Waals surface area contributed by atoms with Crippen LogP contribution < -0.4 is 31.7 Å². The Morgan fingerprint density at radius 2 is 1.79 bits per heavy atom. The maximum absolute atomic E-state index is 13.3. The van der Waals surface area contributed by atoms with Crippen LogP contribution in [0.2, 0.25) is 0 Å². The zero-order valence-corrected chi connectivity index (χ0v) is 20.5. The van der Waals surface area contributed by atoms with E-state index >= 15 is 0 Å². The summed E-state index contributed by atoms with van der Waals surface area (Å²) in [5.41, 5.74) is 6.18. The fraction of sp³-hybridized carbons (Fsp3) is 0.192. The number of anilines is 1. The third-order valence-electron chi connectivity index (χ3n) is 6.03. The highest BCUT2D eigenvalue weighted by molar-refractivity contribution is 6.12. The zero-order chi connectivity index (χ0) is 27.1. The molecule has 5 rings (SSSR count). The minimum Gasteiger partial charge on any atom is -0.504 e. The molecular formula is C26H23N3O9. The number of fused-ring (bicyclic) bond motifs is 3. The number of esters is 1. The summed E-state index contributed by atoms with van der Waals surface area (Å²) in [6.07, 6.45) is 1.48. The van der Waals surface area contributed by atoms with Gasteiger partial charge in [-0.15, -0.1) is 0 Å².